The van der Waals surface area contributed by atoms with Crippen molar-refractivity contribution >= 4 is 17.6 Å². The fraction of sp³-hybridized carbons (Fsp3) is 0.391. The summed E-state index contributed by atoms with van der Waals surface area (Å²) in [5.74, 6) is -0.109. The van der Waals surface area contributed by atoms with Crippen LogP contribution >= 0.6 is 0 Å². The van der Waals surface area contributed by atoms with E-state index in [0.717, 1.165) is 23.2 Å². The SMILES string of the molecule is CC[C@H](C)C1CC1(C(=O)O)c1nc2c(OC)ccc(-c3ccc4c(c3)COC4=O)n2n1. The number of pyridine rings is 1. The van der Waals surface area contributed by atoms with E-state index >= 15 is 0 Å². The normalized spacial score (nSPS) is 22.8. The lowest BCUT2D eigenvalue weighted by molar-refractivity contribution is -0.140. The quantitative estimate of drug-likeness (QED) is 0.608. The number of esters is 1. The number of benzene rings is 1. The van der Waals surface area contributed by atoms with Gasteiger partial charge in [-0.25, -0.2) is 14.3 Å². The van der Waals surface area contributed by atoms with Gasteiger partial charge < -0.3 is 14.6 Å². The number of aliphatic carboxylic acids is 1. The first-order valence-electron chi connectivity index (χ1n) is 10.4. The third-order valence-electron chi connectivity index (χ3n) is 6.77. The first kappa shape index (κ1) is 19.5. The molecule has 3 aromatic rings. The number of hydrogen-bond donors (Lipinski definition) is 1. The van der Waals surface area contributed by atoms with Crippen molar-refractivity contribution in [1.29, 1.82) is 0 Å². The summed E-state index contributed by atoms with van der Waals surface area (Å²) in [6.45, 7) is 4.38. The maximum Gasteiger partial charge on any atom is 0.338 e. The van der Waals surface area contributed by atoms with Crippen molar-refractivity contribution in [3.63, 3.8) is 0 Å². The summed E-state index contributed by atoms with van der Waals surface area (Å²) in [7, 11) is 1.55. The molecule has 1 fully saturated rings. The van der Waals surface area contributed by atoms with Crippen LogP contribution in [0.1, 0.15) is 48.4 Å². The lowest BCUT2D eigenvalue weighted by Gasteiger charge is -2.12. The molecular weight excluding hydrogens is 398 g/mol. The molecule has 0 saturated heterocycles. The molecule has 1 N–H and O–H groups in total. The minimum absolute atomic E-state index is 0.00464. The highest BCUT2D eigenvalue weighted by Crippen LogP contribution is 2.58. The van der Waals surface area contributed by atoms with Gasteiger partial charge >= 0.3 is 11.9 Å². The van der Waals surface area contributed by atoms with E-state index < -0.39 is 11.4 Å². The monoisotopic (exact) mass is 421 g/mol. The van der Waals surface area contributed by atoms with Gasteiger partial charge in [0.15, 0.2) is 17.2 Å². The maximum atomic E-state index is 12.3. The molecular formula is C23H23N3O5. The van der Waals surface area contributed by atoms with Crippen LogP contribution in [0.25, 0.3) is 16.9 Å². The van der Waals surface area contributed by atoms with Crippen molar-refractivity contribution in [1.82, 2.24) is 14.6 Å². The Morgan fingerprint density at radius 1 is 1.39 bits per heavy atom. The lowest BCUT2D eigenvalue weighted by Crippen LogP contribution is -2.26. The summed E-state index contributed by atoms with van der Waals surface area (Å²) in [5, 5.41) is 14.7. The molecule has 0 amide bonds. The van der Waals surface area contributed by atoms with E-state index in [2.05, 4.69) is 23.9 Å². The Morgan fingerprint density at radius 3 is 2.90 bits per heavy atom. The second kappa shape index (κ2) is 6.80. The first-order chi connectivity index (χ1) is 14.9. The zero-order valence-corrected chi connectivity index (χ0v) is 17.6. The Labute approximate surface area is 178 Å². The van der Waals surface area contributed by atoms with Gasteiger partial charge in [0, 0.05) is 11.1 Å². The molecule has 3 atom stereocenters. The average Bonchev–Trinajstić information content (AvgIpc) is 3.22. The van der Waals surface area contributed by atoms with Crippen molar-refractivity contribution in [3.8, 4) is 17.0 Å². The molecule has 2 unspecified atom stereocenters. The van der Waals surface area contributed by atoms with Crippen LogP contribution in [0, 0.1) is 11.8 Å². The van der Waals surface area contributed by atoms with E-state index in [9.17, 15) is 14.7 Å². The third-order valence-corrected chi connectivity index (χ3v) is 6.77. The van der Waals surface area contributed by atoms with E-state index in [0.29, 0.717) is 29.2 Å². The van der Waals surface area contributed by atoms with Gasteiger partial charge in [-0.3, -0.25) is 4.79 Å². The molecule has 5 rings (SSSR count). The van der Waals surface area contributed by atoms with E-state index in [1.807, 2.05) is 18.2 Å². The summed E-state index contributed by atoms with van der Waals surface area (Å²) in [6, 6.07) is 9.13. The summed E-state index contributed by atoms with van der Waals surface area (Å²) < 4.78 is 12.2. The molecule has 1 aliphatic carbocycles. The summed E-state index contributed by atoms with van der Waals surface area (Å²) in [6.07, 6.45) is 1.43. The van der Waals surface area contributed by atoms with Crippen LogP contribution in [-0.2, 0) is 21.6 Å². The number of fused-ring (bicyclic) bond motifs is 2. The number of hydrogen-bond acceptors (Lipinski definition) is 6. The van der Waals surface area contributed by atoms with Crippen LogP contribution in [0.4, 0.5) is 0 Å². The smallest absolute Gasteiger partial charge is 0.338 e. The second-order valence-corrected chi connectivity index (χ2v) is 8.38. The molecule has 0 spiro atoms. The largest absolute Gasteiger partial charge is 0.493 e. The zero-order valence-electron chi connectivity index (χ0n) is 17.6. The van der Waals surface area contributed by atoms with Gasteiger partial charge in [0.05, 0.1) is 18.4 Å². The molecule has 8 nitrogen and oxygen atoms in total. The van der Waals surface area contributed by atoms with Crippen LogP contribution in [0.2, 0.25) is 0 Å². The number of aromatic nitrogens is 3. The minimum Gasteiger partial charge on any atom is -0.493 e. The standard InChI is InChI=1S/C23H23N3O5/c1-4-12(2)16-10-23(16,22(28)29)21-24-19-18(30-3)8-7-17(26(19)25-21)13-5-6-15-14(9-13)11-31-20(15)27/h5-9,12,16H,4,10-11H2,1-3H3,(H,28,29)/t12-,16?,23?/m0/s1. The summed E-state index contributed by atoms with van der Waals surface area (Å²) in [5.41, 5.74) is 2.35. The van der Waals surface area contributed by atoms with Crippen molar-refractivity contribution in [2.75, 3.05) is 7.11 Å². The van der Waals surface area contributed by atoms with Crippen LogP contribution in [-0.4, -0.2) is 38.8 Å². The molecule has 1 saturated carbocycles. The van der Waals surface area contributed by atoms with Crippen LogP contribution < -0.4 is 4.74 Å². The third kappa shape index (κ3) is 2.74. The Bertz CT molecular complexity index is 1230. The predicted molar refractivity (Wildman–Crippen MR) is 111 cm³/mol. The Balaban J connectivity index is 1.67. The number of carboxylic acid groups (broad SMARTS) is 1. The fourth-order valence-electron chi connectivity index (χ4n) is 4.66. The van der Waals surface area contributed by atoms with Gasteiger partial charge in [-0.15, -0.1) is 5.10 Å². The number of methoxy groups -OCH3 is 1. The maximum absolute atomic E-state index is 12.3. The van der Waals surface area contributed by atoms with Crippen molar-refractivity contribution < 1.29 is 24.2 Å². The molecule has 3 heterocycles. The van der Waals surface area contributed by atoms with Crippen LogP contribution in [0.15, 0.2) is 30.3 Å². The molecule has 1 aromatic carbocycles. The van der Waals surface area contributed by atoms with Crippen molar-refractivity contribution in [3.05, 3.63) is 47.3 Å². The number of carbonyl (C=O) groups excluding carboxylic acids is 1. The van der Waals surface area contributed by atoms with Gasteiger partial charge in [-0.1, -0.05) is 26.3 Å². The number of carboxylic acids is 1. The number of carbonyl (C=O) groups is 2. The summed E-state index contributed by atoms with van der Waals surface area (Å²) >= 11 is 0. The van der Waals surface area contributed by atoms with Crippen molar-refractivity contribution in [2.24, 2.45) is 11.8 Å². The van der Waals surface area contributed by atoms with Gasteiger partial charge in [-0.2, -0.15) is 0 Å². The lowest BCUT2D eigenvalue weighted by atomic mass is 9.93. The molecule has 0 bridgehead atoms. The predicted octanol–water partition coefficient (Wildman–Crippen LogP) is 3.46. The number of ether oxygens (including phenoxy) is 2. The Morgan fingerprint density at radius 2 is 2.19 bits per heavy atom. The number of cyclic esters (lactones) is 1. The van der Waals surface area contributed by atoms with Crippen LogP contribution in [0.3, 0.4) is 0 Å². The highest BCUT2D eigenvalue weighted by Gasteiger charge is 2.65. The van der Waals surface area contributed by atoms with Crippen molar-refractivity contribution in [2.45, 2.75) is 38.7 Å². The highest BCUT2D eigenvalue weighted by molar-refractivity contribution is 5.94. The van der Waals surface area contributed by atoms with Gasteiger partial charge in [0.2, 0.25) is 0 Å². The average molecular weight is 421 g/mol. The topological polar surface area (TPSA) is 103 Å². The Kier molecular flexibility index (Phi) is 4.28. The van der Waals surface area contributed by atoms with Gasteiger partial charge in [0.1, 0.15) is 12.0 Å². The van der Waals surface area contributed by atoms with E-state index in [-0.39, 0.29) is 24.4 Å². The molecule has 160 valence electrons. The van der Waals surface area contributed by atoms with E-state index in [1.54, 1.807) is 23.8 Å². The second-order valence-electron chi connectivity index (χ2n) is 8.38. The molecule has 2 aromatic heterocycles. The Hall–Kier alpha value is -3.42. The summed E-state index contributed by atoms with van der Waals surface area (Å²) in [4.78, 5) is 28.7. The van der Waals surface area contributed by atoms with E-state index in [1.165, 1.54) is 0 Å². The molecule has 31 heavy (non-hydrogen) atoms. The highest BCUT2D eigenvalue weighted by atomic mass is 16.5. The van der Waals surface area contributed by atoms with Crippen LogP contribution in [0.5, 0.6) is 5.75 Å². The number of nitrogens with zero attached hydrogens (tertiary/aromatic N) is 3. The number of rotatable bonds is 6. The first-order valence-corrected chi connectivity index (χ1v) is 10.4. The van der Waals surface area contributed by atoms with Gasteiger partial charge in [0.25, 0.3) is 0 Å². The van der Waals surface area contributed by atoms with Gasteiger partial charge in [-0.05, 0) is 42.5 Å². The zero-order chi connectivity index (χ0) is 21.9. The minimum atomic E-state index is -1.07. The molecule has 1 aliphatic heterocycles. The molecule has 0 radical (unpaired) electrons. The van der Waals surface area contributed by atoms with E-state index in [4.69, 9.17) is 9.47 Å². The fourth-order valence-corrected chi connectivity index (χ4v) is 4.66. The molecule has 8 heteroatoms. The molecule has 2 aliphatic rings.